The maximum Gasteiger partial charge on any atom is 0.261 e. The molecule has 0 aromatic carbocycles. The Bertz CT molecular complexity index is 529. The van der Waals surface area contributed by atoms with Gasteiger partial charge >= 0.3 is 0 Å². The van der Waals surface area contributed by atoms with Gasteiger partial charge in [-0.1, -0.05) is 0 Å². The molecule has 0 atom stereocenters. The van der Waals surface area contributed by atoms with Crippen molar-refractivity contribution in [3.05, 3.63) is 48.4 Å². The zero-order valence-electron chi connectivity index (χ0n) is 9.96. The van der Waals surface area contributed by atoms with E-state index in [-0.39, 0.29) is 5.91 Å². The molecule has 2 rings (SSSR count). The minimum absolute atomic E-state index is 0.252. The minimum Gasteiger partial charge on any atom is -0.477 e. The van der Waals surface area contributed by atoms with Crippen molar-refractivity contribution in [2.75, 3.05) is 11.9 Å². The molecule has 1 N–H and O–H groups in total. The highest BCUT2D eigenvalue weighted by molar-refractivity contribution is 6.05. The monoisotopic (exact) mass is 243 g/mol. The summed E-state index contributed by atoms with van der Waals surface area (Å²) in [6.45, 7) is 2.31. The molecule has 0 radical (unpaired) electrons. The van der Waals surface area contributed by atoms with Crippen LogP contribution >= 0.6 is 0 Å². The number of amides is 1. The summed E-state index contributed by atoms with van der Waals surface area (Å²) in [6, 6.07) is 6.81. The largest absolute Gasteiger partial charge is 0.477 e. The van der Waals surface area contributed by atoms with Crippen molar-refractivity contribution >= 4 is 11.6 Å². The number of anilines is 1. The number of carbonyl (C=O) groups excluding carboxylic acids is 1. The zero-order valence-corrected chi connectivity index (χ0v) is 9.96. The lowest BCUT2D eigenvalue weighted by molar-refractivity contribution is 0.102. The topological polar surface area (TPSA) is 64.1 Å². The molecule has 5 nitrogen and oxygen atoms in total. The van der Waals surface area contributed by atoms with Crippen LogP contribution in [0.5, 0.6) is 5.88 Å². The fraction of sp³-hybridized carbons (Fsp3) is 0.154. The molecule has 0 saturated carbocycles. The highest BCUT2D eigenvalue weighted by atomic mass is 16.5. The highest BCUT2D eigenvalue weighted by Gasteiger charge is 2.13. The number of rotatable bonds is 4. The summed E-state index contributed by atoms with van der Waals surface area (Å²) in [5.74, 6) is 0.0873. The van der Waals surface area contributed by atoms with Crippen molar-refractivity contribution in [2.24, 2.45) is 0 Å². The predicted octanol–water partition coefficient (Wildman–Crippen LogP) is 2.13. The lowest BCUT2D eigenvalue weighted by Crippen LogP contribution is -2.14. The second-order valence-corrected chi connectivity index (χ2v) is 3.48. The number of hydrogen-bond acceptors (Lipinski definition) is 4. The number of aromatic nitrogens is 2. The lowest BCUT2D eigenvalue weighted by atomic mass is 10.2. The fourth-order valence-electron chi connectivity index (χ4n) is 1.45. The Balaban J connectivity index is 2.19. The first-order valence-electron chi connectivity index (χ1n) is 5.60. The van der Waals surface area contributed by atoms with E-state index < -0.39 is 0 Å². The highest BCUT2D eigenvalue weighted by Crippen LogP contribution is 2.16. The Morgan fingerprint density at radius 3 is 2.78 bits per heavy atom. The molecule has 2 heterocycles. The predicted molar refractivity (Wildman–Crippen MR) is 67.6 cm³/mol. The van der Waals surface area contributed by atoms with E-state index in [4.69, 9.17) is 4.74 Å². The van der Waals surface area contributed by atoms with Crippen molar-refractivity contribution in [3.63, 3.8) is 0 Å². The van der Waals surface area contributed by atoms with Gasteiger partial charge in [0.1, 0.15) is 5.56 Å². The van der Waals surface area contributed by atoms with Crippen LogP contribution in [0.4, 0.5) is 5.69 Å². The van der Waals surface area contributed by atoms with Gasteiger partial charge in [0, 0.05) is 24.3 Å². The summed E-state index contributed by atoms with van der Waals surface area (Å²) in [6.07, 6.45) is 4.82. The molecule has 5 heteroatoms. The van der Waals surface area contributed by atoms with Gasteiger partial charge < -0.3 is 10.1 Å². The molecule has 0 aliphatic carbocycles. The molecule has 1 amide bonds. The number of carbonyl (C=O) groups is 1. The van der Waals surface area contributed by atoms with E-state index in [1.807, 2.05) is 6.92 Å². The van der Waals surface area contributed by atoms with Gasteiger partial charge in [0.2, 0.25) is 5.88 Å². The molecule has 0 aliphatic heterocycles. The van der Waals surface area contributed by atoms with Crippen molar-refractivity contribution in [2.45, 2.75) is 6.92 Å². The SMILES string of the molecule is CCOc1ncccc1C(=O)Nc1ccncc1. The third-order valence-corrected chi connectivity index (χ3v) is 2.24. The summed E-state index contributed by atoms with van der Waals surface area (Å²) in [4.78, 5) is 20.0. The Morgan fingerprint density at radius 2 is 2.06 bits per heavy atom. The van der Waals surface area contributed by atoms with Crippen LogP contribution in [-0.2, 0) is 0 Å². The van der Waals surface area contributed by atoms with Gasteiger partial charge in [-0.3, -0.25) is 9.78 Å². The molecular weight excluding hydrogens is 230 g/mol. The van der Waals surface area contributed by atoms with Gasteiger partial charge in [0.15, 0.2) is 0 Å². The van der Waals surface area contributed by atoms with Crippen LogP contribution in [0.1, 0.15) is 17.3 Å². The van der Waals surface area contributed by atoms with Crippen molar-refractivity contribution in [1.82, 2.24) is 9.97 Å². The van der Waals surface area contributed by atoms with Crippen molar-refractivity contribution in [3.8, 4) is 5.88 Å². The van der Waals surface area contributed by atoms with E-state index >= 15 is 0 Å². The third-order valence-electron chi connectivity index (χ3n) is 2.24. The Morgan fingerprint density at radius 1 is 1.28 bits per heavy atom. The molecule has 2 aromatic heterocycles. The normalized spacial score (nSPS) is 9.83. The van der Waals surface area contributed by atoms with Crippen LogP contribution in [0.25, 0.3) is 0 Å². The number of pyridine rings is 2. The molecular formula is C13H13N3O2. The fourth-order valence-corrected chi connectivity index (χ4v) is 1.45. The molecule has 0 saturated heterocycles. The van der Waals surface area contributed by atoms with Crippen molar-refractivity contribution in [1.29, 1.82) is 0 Å². The zero-order chi connectivity index (χ0) is 12.8. The Labute approximate surface area is 105 Å². The molecule has 0 unspecified atom stereocenters. The molecule has 0 bridgehead atoms. The molecule has 2 aromatic rings. The van der Waals surface area contributed by atoms with E-state index in [9.17, 15) is 4.79 Å². The molecule has 0 aliphatic rings. The number of ether oxygens (including phenoxy) is 1. The molecule has 0 spiro atoms. The quantitative estimate of drug-likeness (QED) is 0.893. The Kier molecular flexibility index (Phi) is 3.86. The average Bonchev–Trinajstić information content (AvgIpc) is 2.41. The molecule has 92 valence electrons. The standard InChI is InChI=1S/C13H13N3O2/c1-2-18-13-11(4-3-7-15-13)12(17)16-10-5-8-14-9-6-10/h3-9H,2H2,1H3,(H,14,16,17). The summed E-state index contributed by atoms with van der Waals surface area (Å²) >= 11 is 0. The first kappa shape index (κ1) is 12.0. The minimum atomic E-state index is -0.252. The average molecular weight is 243 g/mol. The maximum absolute atomic E-state index is 12.1. The first-order chi connectivity index (χ1) is 8.81. The second kappa shape index (κ2) is 5.77. The number of nitrogens with zero attached hydrogens (tertiary/aromatic N) is 2. The smallest absolute Gasteiger partial charge is 0.261 e. The van der Waals surface area contributed by atoms with Gasteiger partial charge in [-0.2, -0.15) is 0 Å². The summed E-state index contributed by atoms with van der Waals surface area (Å²) in [5, 5.41) is 2.76. The van der Waals surface area contributed by atoms with Crippen LogP contribution in [0.3, 0.4) is 0 Å². The van der Waals surface area contributed by atoms with Gasteiger partial charge in [0.05, 0.1) is 6.61 Å². The van der Waals surface area contributed by atoms with Gasteiger partial charge in [-0.05, 0) is 31.2 Å². The van der Waals surface area contributed by atoms with Crippen LogP contribution in [-0.4, -0.2) is 22.5 Å². The maximum atomic E-state index is 12.1. The summed E-state index contributed by atoms with van der Waals surface area (Å²) in [5.41, 5.74) is 1.09. The van der Waals surface area contributed by atoms with Gasteiger partial charge in [-0.25, -0.2) is 4.98 Å². The van der Waals surface area contributed by atoms with Gasteiger partial charge in [-0.15, -0.1) is 0 Å². The van der Waals surface area contributed by atoms with E-state index in [2.05, 4.69) is 15.3 Å². The lowest BCUT2D eigenvalue weighted by Gasteiger charge is -2.08. The van der Waals surface area contributed by atoms with E-state index in [1.165, 1.54) is 0 Å². The van der Waals surface area contributed by atoms with Crippen LogP contribution < -0.4 is 10.1 Å². The van der Waals surface area contributed by atoms with Crippen molar-refractivity contribution < 1.29 is 9.53 Å². The van der Waals surface area contributed by atoms with E-state index in [0.717, 1.165) is 0 Å². The number of nitrogens with one attached hydrogen (secondary N) is 1. The summed E-state index contributed by atoms with van der Waals surface area (Å²) < 4.78 is 5.31. The van der Waals surface area contributed by atoms with Crippen LogP contribution in [0.2, 0.25) is 0 Å². The molecule has 0 fully saturated rings. The van der Waals surface area contributed by atoms with Gasteiger partial charge in [0.25, 0.3) is 5.91 Å². The Hall–Kier alpha value is -2.43. The first-order valence-corrected chi connectivity index (χ1v) is 5.60. The van der Waals surface area contributed by atoms with E-state index in [1.54, 1.807) is 42.9 Å². The third kappa shape index (κ3) is 2.82. The molecule has 18 heavy (non-hydrogen) atoms. The summed E-state index contributed by atoms with van der Waals surface area (Å²) in [7, 11) is 0. The van der Waals surface area contributed by atoms with Crippen LogP contribution in [0, 0.1) is 0 Å². The second-order valence-electron chi connectivity index (χ2n) is 3.48. The van der Waals surface area contributed by atoms with Crippen LogP contribution in [0.15, 0.2) is 42.9 Å². The van der Waals surface area contributed by atoms with E-state index in [0.29, 0.717) is 23.7 Å². The number of hydrogen-bond donors (Lipinski definition) is 1.